The van der Waals surface area contributed by atoms with Gasteiger partial charge in [0.05, 0.1) is 10.0 Å². The molecule has 1 aromatic rings. The van der Waals surface area contributed by atoms with E-state index in [4.69, 9.17) is 23.2 Å². The Labute approximate surface area is 95.0 Å². The van der Waals surface area contributed by atoms with Crippen molar-refractivity contribution in [2.45, 2.75) is 25.7 Å². The van der Waals surface area contributed by atoms with Crippen LogP contribution in [-0.2, 0) is 6.42 Å². The van der Waals surface area contributed by atoms with Gasteiger partial charge in [-0.25, -0.2) is 0 Å². The zero-order valence-electron chi connectivity index (χ0n) is 8.10. The lowest BCUT2D eigenvalue weighted by molar-refractivity contribution is 0.727. The van der Waals surface area contributed by atoms with Crippen molar-refractivity contribution < 1.29 is 0 Å². The molecule has 0 spiro atoms. The zero-order valence-corrected chi connectivity index (χ0v) is 9.61. The highest BCUT2D eigenvalue weighted by atomic mass is 35.5. The standard InChI is InChI=1S/C11H12Cl2.H3N/c12-10-6-5-9(7-11(10)13)4-3-8-1-2-8;/h5-8H,1-4H2;1H3. The third kappa shape index (κ3) is 3.16. The van der Waals surface area contributed by atoms with Gasteiger partial charge in [0.25, 0.3) is 0 Å². The minimum absolute atomic E-state index is 0. The van der Waals surface area contributed by atoms with E-state index in [0.29, 0.717) is 10.0 Å². The molecule has 0 unspecified atom stereocenters. The Balaban J connectivity index is 0.000000980. The van der Waals surface area contributed by atoms with Gasteiger partial charge in [0.15, 0.2) is 0 Å². The molecule has 0 bridgehead atoms. The van der Waals surface area contributed by atoms with Gasteiger partial charge in [-0.1, -0.05) is 42.1 Å². The van der Waals surface area contributed by atoms with Gasteiger partial charge < -0.3 is 6.15 Å². The van der Waals surface area contributed by atoms with Gasteiger partial charge in [-0.15, -0.1) is 0 Å². The molecule has 14 heavy (non-hydrogen) atoms. The topological polar surface area (TPSA) is 35.0 Å². The van der Waals surface area contributed by atoms with Crippen LogP contribution in [0, 0.1) is 5.92 Å². The first-order chi connectivity index (χ1) is 6.25. The van der Waals surface area contributed by atoms with Gasteiger partial charge in [-0.2, -0.15) is 0 Å². The van der Waals surface area contributed by atoms with Gasteiger partial charge in [0.1, 0.15) is 0 Å². The minimum atomic E-state index is 0. The molecule has 0 radical (unpaired) electrons. The summed E-state index contributed by atoms with van der Waals surface area (Å²) in [6, 6.07) is 5.93. The minimum Gasteiger partial charge on any atom is -0.344 e. The average molecular weight is 232 g/mol. The van der Waals surface area contributed by atoms with E-state index < -0.39 is 0 Å². The fourth-order valence-corrected chi connectivity index (χ4v) is 1.79. The van der Waals surface area contributed by atoms with E-state index in [-0.39, 0.29) is 6.15 Å². The van der Waals surface area contributed by atoms with Crippen LogP contribution in [0.4, 0.5) is 0 Å². The summed E-state index contributed by atoms with van der Waals surface area (Å²) in [7, 11) is 0. The molecule has 0 aromatic heterocycles. The summed E-state index contributed by atoms with van der Waals surface area (Å²) in [5, 5.41) is 1.33. The Hall–Kier alpha value is -0.240. The van der Waals surface area contributed by atoms with Crippen molar-refractivity contribution in [3.8, 4) is 0 Å². The van der Waals surface area contributed by atoms with E-state index >= 15 is 0 Å². The molecule has 1 nitrogen and oxygen atoms in total. The van der Waals surface area contributed by atoms with Crippen LogP contribution >= 0.6 is 23.2 Å². The number of hydrogen-bond acceptors (Lipinski definition) is 1. The summed E-state index contributed by atoms with van der Waals surface area (Å²) in [6.07, 6.45) is 5.28. The van der Waals surface area contributed by atoms with E-state index in [0.717, 1.165) is 12.3 Å². The van der Waals surface area contributed by atoms with Crippen molar-refractivity contribution in [3.63, 3.8) is 0 Å². The van der Waals surface area contributed by atoms with Crippen molar-refractivity contribution in [1.29, 1.82) is 0 Å². The van der Waals surface area contributed by atoms with Gasteiger partial charge in [-0.3, -0.25) is 0 Å². The monoisotopic (exact) mass is 231 g/mol. The first-order valence-electron chi connectivity index (χ1n) is 4.69. The third-order valence-corrected chi connectivity index (χ3v) is 3.26. The van der Waals surface area contributed by atoms with Gasteiger partial charge >= 0.3 is 0 Å². The van der Waals surface area contributed by atoms with E-state index in [1.807, 2.05) is 12.1 Å². The molecule has 3 N–H and O–H groups in total. The third-order valence-electron chi connectivity index (χ3n) is 2.52. The molecular weight excluding hydrogens is 217 g/mol. The van der Waals surface area contributed by atoms with E-state index in [1.54, 1.807) is 0 Å². The molecule has 0 amide bonds. The second-order valence-electron chi connectivity index (χ2n) is 3.73. The van der Waals surface area contributed by atoms with Crippen LogP contribution in [0.2, 0.25) is 10.0 Å². The van der Waals surface area contributed by atoms with Crippen molar-refractivity contribution in [2.24, 2.45) is 5.92 Å². The van der Waals surface area contributed by atoms with Gasteiger partial charge in [-0.05, 0) is 36.5 Å². The lowest BCUT2D eigenvalue weighted by Crippen LogP contribution is -1.86. The molecular formula is C11H15Cl2N. The maximum atomic E-state index is 5.91. The zero-order chi connectivity index (χ0) is 9.26. The summed E-state index contributed by atoms with van der Waals surface area (Å²) in [6.45, 7) is 0. The number of rotatable bonds is 3. The molecule has 78 valence electrons. The number of hydrogen-bond donors (Lipinski definition) is 1. The van der Waals surface area contributed by atoms with E-state index in [1.165, 1.54) is 24.8 Å². The molecule has 2 rings (SSSR count). The highest BCUT2D eigenvalue weighted by Crippen LogP contribution is 2.34. The predicted octanol–water partition coefficient (Wildman–Crippen LogP) is 4.50. The molecule has 1 saturated carbocycles. The Morgan fingerprint density at radius 2 is 1.86 bits per heavy atom. The van der Waals surface area contributed by atoms with Crippen LogP contribution in [0.5, 0.6) is 0 Å². The summed E-state index contributed by atoms with van der Waals surface area (Å²) in [5.41, 5.74) is 1.31. The molecule has 1 fully saturated rings. The quantitative estimate of drug-likeness (QED) is 0.818. The van der Waals surface area contributed by atoms with Crippen molar-refractivity contribution in [2.75, 3.05) is 0 Å². The Bertz CT molecular complexity index is 308. The van der Waals surface area contributed by atoms with Crippen molar-refractivity contribution in [3.05, 3.63) is 33.8 Å². The van der Waals surface area contributed by atoms with Crippen molar-refractivity contribution >= 4 is 23.2 Å². The molecule has 1 aromatic carbocycles. The Morgan fingerprint density at radius 3 is 2.43 bits per heavy atom. The highest BCUT2D eigenvalue weighted by molar-refractivity contribution is 6.42. The summed E-state index contributed by atoms with van der Waals surface area (Å²) in [4.78, 5) is 0. The van der Waals surface area contributed by atoms with Gasteiger partial charge in [0, 0.05) is 0 Å². The predicted molar refractivity (Wildman–Crippen MR) is 62.5 cm³/mol. The molecule has 0 saturated heterocycles. The number of aryl methyl sites for hydroxylation is 1. The first-order valence-corrected chi connectivity index (χ1v) is 5.45. The van der Waals surface area contributed by atoms with Crippen LogP contribution in [0.25, 0.3) is 0 Å². The molecule has 0 heterocycles. The largest absolute Gasteiger partial charge is 0.344 e. The second-order valence-corrected chi connectivity index (χ2v) is 4.54. The highest BCUT2D eigenvalue weighted by Gasteiger charge is 2.20. The van der Waals surface area contributed by atoms with Crippen LogP contribution < -0.4 is 6.15 Å². The van der Waals surface area contributed by atoms with Crippen LogP contribution in [0.3, 0.4) is 0 Å². The normalized spacial score (nSPS) is 15.0. The van der Waals surface area contributed by atoms with Crippen LogP contribution in [0.15, 0.2) is 18.2 Å². The van der Waals surface area contributed by atoms with Crippen LogP contribution in [0.1, 0.15) is 24.8 Å². The maximum Gasteiger partial charge on any atom is 0.0595 e. The molecule has 1 aliphatic carbocycles. The Morgan fingerprint density at radius 1 is 1.14 bits per heavy atom. The molecule has 0 atom stereocenters. The van der Waals surface area contributed by atoms with E-state index in [2.05, 4.69) is 6.07 Å². The molecule has 0 aliphatic heterocycles. The lowest BCUT2D eigenvalue weighted by atomic mass is 10.1. The number of halogens is 2. The Kier molecular flexibility index (Phi) is 4.24. The summed E-state index contributed by atoms with van der Waals surface area (Å²) >= 11 is 11.7. The smallest absolute Gasteiger partial charge is 0.0595 e. The van der Waals surface area contributed by atoms with Gasteiger partial charge in [0.2, 0.25) is 0 Å². The summed E-state index contributed by atoms with van der Waals surface area (Å²) in [5.74, 6) is 0.981. The second kappa shape index (κ2) is 5.01. The van der Waals surface area contributed by atoms with E-state index in [9.17, 15) is 0 Å². The number of benzene rings is 1. The maximum absolute atomic E-state index is 5.91. The lowest BCUT2D eigenvalue weighted by Gasteiger charge is -2.01. The SMILES string of the molecule is Clc1ccc(CCC2CC2)cc1Cl.N. The summed E-state index contributed by atoms with van der Waals surface area (Å²) < 4.78 is 0. The fourth-order valence-electron chi connectivity index (χ4n) is 1.47. The first kappa shape index (κ1) is 11.8. The molecule has 3 heteroatoms. The fraction of sp³-hybridized carbons (Fsp3) is 0.455. The van der Waals surface area contributed by atoms with Crippen LogP contribution in [-0.4, -0.2) is 0 Å². The average Bonchev–Trinajstić information content (AvgIpc) is 2.91. The molecule has 1 aliphatic rings. The van der Waals surface area contributed by atoms with Crippen molar-refractivity contribution in [1.82, 2.24) is 6.15 Å².